The predicted octanol–water partition coefficient (Wildman–Crippen LogP) is 2.49. The summed E-state index contributed by atoms with van der Waals surface area (Å²) in [5.74, 6) is 0.777. The van der Waals surface area contributed by atoms with E-state index in [0.29, 0.717) is 6.54 Å². The SMILES string of the molecule is CN=C(NCc1ccnn1C)NCC1(c2cccc(Cl)c2)CCOCC1. The van der Waals surface area contributed by atoms with Gasteiger partial charge in [-0.1, -0.05) is 23.7 Å². The highest BCUT2D eigenvalue weighted by molar-refractivity contribution is 6.30. The van der Waals surface area contributed by atoms with E-state index in [1.165, 1.54) is 5.56 Å². The van der Waals surface area contributed by atoms with Crippen LogP contribution in [0.25, 0.3) is 0 Å². The second-order valence-electron chi connectivity index (χ2n) is 6.63. The van der Waals surface area contributed by atoms with Gasteiger partial charge in [-0.25, -0.2) is 0 Å². The van der Waals surface area contributed by atoms with Crippen molar-refractivity contribution in [1.82, 2.24) is 20.4 Å². The van der Waals surface area contributed by atoms with Crippen LogP contribution in [-0.2, 0) is 23.7 Å². The van der Waals surface area contributed by atoms with Crippen molar-refractivity contribution >= 4 is 17.6 Å². The summed E-state index contributed by atoms with van der Waals surface area (Å²) in [5, 5.41) is 11.8. The molecule has 1 saturated heterocycles. The number of nitrogens with zero attached hydrogens (tertiary/aromatic N) is 3. The van der Waals surface area contributed by atoms with Gasteiger partial charge in [0.25, 0.3) is 0 Å². The average Bonchev–Trinajstić information content (AvgIpc) is 3.07. The van der Waals surface area contributed by atoms with Crippen LogP contribution in [0.1, 0.15) is 24.1 Å². The number of guanidine groups is 1. The molecular weight excluding hydrogens is 350 g/mol. The fourth-order valence-corrected chi connectivity index (χ4v) is 3.56. The van der Waals surface area contributed by atoms with E-state index in [4.69, 9.17) is 16.3 Å². The second kappa shape index (κ2) is 8.56. The van der Waals surface area contributed by atoms with Crippen molar-refractivity contribution in [3.63, 3.8) is 0 Å². The maximum absolute atomic E-state index is 6.24. The Balaban J connectivity index is 1.68. The van der Waals surface area contributed by atoms with Crippen molar-refractivity contribution in [1.29, 1.82) is 0 Å². The molecule has 0 atom stereocenters. The Labute approximate surface area is 159 Å². The van der Waals surface area contributed by atoms with Gasteiger partial charge >= 0.3 is 0 Å². The molecule has 0 amide bonds. The Hall–Kier alpha value is -2.05. The van der Waals surface area contributed by atoms with Crippen molar-refractivity contribution in [3.8, 4) is 0 Å². The first-order valence-electron chi connectivity index (χ1n) is 8.88. The first kappa shape index (κ1) is 18.7. The average molecular weight is 376 g/mol. The van der Waals surface area contributed by atoms with Crippen LogP contribution in [0.5, 0.6) is 0 Å². The summed E-state index contributed by atoms with van der Waals surface area (Å²) in [7, 11) is 3.72. The number of aromatic nitrogens is 2. The van der Waals surface area contributed by atoms with Gasteiger partial charge in [-0.2, -0.15) is 5.10 Å². The molecule has 1 aromatic carbocycles. The van der Waals surface area contributed by atoms with Crippen molar-refractivity contribution in [2.45, 2.75) is 24.8 Å². The molecule has 1 aromatic heterocycles. The zero-order chi connectivity index (χ0) is 18.4. The van der Waals surface area contributed by atoms with Gasteiger partial charge in [0.2, 0.25) is 0 Å². The van der Waals surface area contributed by atoms with E-state index < -0.39 is 0 Å². The minimum absolute atomic E-state index is 0.00665. The van der Waals surface area contributed by atoms with E-state index in [2.05, 4.69) is 32.9 Å². The normalized spacial score (nSPS) is 17.1. The number of aliphatic imine (C=N–C) groups is 1. The van der Waals surface area contributed by atoms with E-state index in [0.717, 1.165) is 49.3 Å². The molecule has 2 heterocycles. The van der Waals surface area contributed by atoms with Gasteiger partial charge in [-0.3, -0.25) is 9.67 Å². The molecule has 3 rings (SSSR count). The van der Waals surface area contributed by atoms with Crippen LogP contribution in [-0.4, -0.2) is 42.5 Å². The molecule has 26 heavy (non-hydrogen) atoms. The number of aryl methyl sites for hydroxylation is 1. The Morgan fingerprint density at radius 3 is 2.77 bits per heavy atom. The third kappa shape index (κ3) is 4.37. The number of halogens is 1. The fraction of sp³-hybridized carbons (Fsp3) is 0.474. The molecule has 140 valence electrons. The minimum atomic E-state index is -0.00665. The lowest BCUT2D eigenvalue weighted by molar-refractivity contribution is 0.0514. The summed E-state index contributed by atoms with van der Waals surface area (Å²) in [5.41, 5.74) is 2.35. The summed E-state index contributed by atoms with van der Waals surface area (Å²) in [4.78, 5) is 4.35. The van der Waals surface area contributed by atoms with Gasteiger partial charge < -0.3 is 15.4 Å². The summed E-state index contributed by atoms with van der Waals surface area (Å²) in [6, 6.07) is 10.2. The van der Waals surface area contributed by atoms with Gasteiger partial charge in [0.1, 0.15) is 0 Å². The summed E-state index contributed by atoms with van der Waals surface area (Å²) < 4.78 is 7.46. The smallest absolute Gasteiger partial charge is 0.191 e. The standard InChI is InChI=1S/C19H26ClN5O/c1-21-18(22-13-17-6-9-24-25(17)2)23-14-19(7-10-26-11-8-19)15-4-3-5-16(20)12-15/h3-6,9,12H,7-8,10-11,13-14H2,1-2H3,(H2,21,22,23). The molecule has 1 aliphatic heterocycles. The van der Waals surface area contributed by atoms with Crippen LogP contribution < -0.4 is 10.6 Å². The number of ether oxygens (including phenoxy) is 1. The van der Waals surface area contributed by atoms with Crippen LogP contribution >= 0.6 is 11.6 Å². The van der Waals surface area contributed by atoms with E-state index in [9.17, 15) is 0 Å². The molecule has 0 bridgehead atoms. The lowest BCUT2D eigenvalue weighted by Gasteiger charge is -2.38. The maximum atomic E-state index is 6.24. The number of benzene rings is 1. The van der Waals surface area contributed by atoms with Crippen LogP contribution in [0.15, 0.2) is 41.5 Å². The number of hydrogen-bond acceptors (Lipinski definition) is 3. The molecule has 1 aliphatic rings. The van der Waals surface area contributed by atoms with Crippen LogP contribution in [0.3, 0.4) is 0 Å². The Morgan fingerprint density at radius 1 is 1.31 bits per heavy atom. The van der Waals surface area contributed by atoms with E-state index in [-0.39, 0.29) is 5.41 Å². The monoisotopic (exact) mass is 375 g/mol. The Morgan fingerprint density at radius 2 is 2.12 bits per heavy atom. The molecule has 7 heteroatoms. The zero-order valence-corrected chi connectivity index (χ0v) is 16.1. The highest BCUT2D eigenvalue weighted by Crippen LogP contribution is 2.35. The van der Waals surface area contributed by atoms with Gasteiger partial charge in [0.05, 0.1) is 12.2 Å². The molecule has 2 N–H and O–H groups in total. The van der Waals surface area contributed by atoms with Crippen molar-refractivity contribution in [2.75, 3.05) is 26.8 Å². The minimum Gasteiger partial charge on any atom is -0.381 e. The topological polar surface area (TPSA) is 63.5 Å². The third-order valence-electron chi connectivity index (χ3n) is 5.06. The molecule has 1 fully saturated rings. The highest BCUT2D eigenvalue weighted by Gasteiger charge is 2.34. The van der Waals surface area contributed by atoms with Crippen molar-refractivity contribution in [3.05, 3.63) is 52.8 Å². The predicted molar refractivity (Wildman–Crippen MR) is 105 cm³/mol. The van der Waals surface area contributed by atoms with Gasteiger partial charge in [-0.15, -0.1) is 0 Å². The largest absolute Gasteiger partial charge is 0.381 e. The molecule has 0 spiro atoms. The molecule has 0 aliphatic carbocycles. The summed E-state index contributed by atoms with van der Waals surface area (Å²) in [6.45, 7) is 2.97. The van der Waals surface area contributed by atoms with E-state index >= 15 is 0 Å². The van der Waals surface area contributed by atoms with Gasteiger partial charge in [0.15, 0.2) is 5.96 Å². The first-order chi connectivity index (χ1) is 12.6. The van der Waals surface area contributed by atoms with E-state index in [1.807, 2.05) is 29.9 Å². The van der Waals surface area contributed by atoms with Crippen LogP contribution in [0.2, 0.25) is 5.02 Å². The van der Waals surface area contributed by atoms with Gasteiger partial charge in [0, 0.05) is 50.5 Å². The van der Waals surface area contributed by atoms with E-state index in [1.54, 1.807) is 13.2 Å². The summed E-state index contributed by atoms with van der Waals surface area (Å²) >= 11 is 6.24. The third-order valence-corrected chi connectivity index (χ3v) is 5.30. The molecule has 6 nitrogen and oxygen atoms in total. The van der Waals surface area contributed by atoms with Crippen molar-refractivity contribution in [2.24, 2.45) is 12.0 Å². The summed E-state index contributed by atoms with van der Waals surface area (Å²) in [6.07, 6.45) is 3.71. The Kier molecular flexibility index (Phi) is 6.16. The van der Waals surface area contributed by atoms with Crippen LogP contribution in [0, 0.1) is 0 Å². The van der Waals surface area contributed by atoms with Crippen molar-refractivity contribution < 1.29 is 4.74 Å². The second-order valence-corrected chi connectivity index (χ2v) is 7.06. The zero-order valence-electron chi connectivity index (χ0n) is 15.3. The fourth-order valence-electron chi connectivity index (χ4n) is 3.37. The lowest BCUT2D eigenvalue weighted by atomic mass is 9.74. The number of nitrogens with one attached hydrogen (secondary N) is 2. The van der Waals surface area contributed by atoms with Crippen LogP contribution in [0.4, 0.5) is 0 Å². The molecule has 2 aromatic rings. The highest BCUT2D eigenvalue weighted by atomic mass is 35.5. The molecular formula is C19H26ClN5O. The number of rotatable bonds is 5. The quantitative estimate of drug-likeness (QED) is 0.622. The maximum Gasteiger partial charge on any atom is 0.191 e. The van der Waals surface area contributed by atoms with Gasteiger partial charge in [-0.05, 0) is 36.6 Å². The molecule has 0 saturated carbocycles. The molecule has 0 radical (unpaired) electrons. The lowest BCUT2D eigenvalue weighted by Crippen LogP contribution is -2.48. The number of hydrogen-bond donors (Lipinski definition) is 2. The molecule has 0 unspecified atom stereocenters. The first-order valence-corrected chi connectivity index (χ1v) is 9.26. The Bertz CT molecular complexity index is 752.